The fraction of sp³-hybridized carbons (Fsp3) is 0.773. The van der Waals surface area contributed by atoms with Crippen LogP contribution in [0.25, 0.3) is 0 Å². The van der Waals surface area contributed by atoms with Crippen molar-refractivity contribution in [3.63, 3.8) is 0 Å². The van der Waals surface area contributed by atoms with Gasteiger partial charge >= 0.3 is 51.4 Å². The van der Waals surface area contributed by atoms with Gasteiger partial charge in [-0.3, -0.25) is 4.90 Å². The van der Waals surface area contributed by atoms with Gasteiger partial charge in [-0.05, 0) is 38.5 Å². The van der Waals surface area contributed by atoms with Crippen molar-refractivity contribution in [1.82, 2.24) is 4.90 Å². The van der Waals surface area contributed by atoms with E-state index in [4.69, 9.17) is 0 Å². The number of nitrogens with zero attached hydrogens (tertiary/aromatic N) is 1. The predicted octanol–water partition coefficient (Wildman–Crippen LogP) is 1.88. The summed E-state index contributed by atoms with van der Waals surface area (Å²) in [5, 5.41) is 10.9. The summed E-state index contributed by atoms with van der Waals surface area (Å²) in [6, 6.07) is 0. The van der Waals surface area contributed by atoms with Crippen molar-refractivity contribution >= 4 is 5.97 Å². The molecule has 3 nitrogen and oxygen atoms in total. The fourth-order valence-corrected chi connectivity index (χ4v) is 2.82. The van der Waals surface area contributed by atoms with Crippen LogP contribution in [0.4, 0.5) is 0 Å². The van der Waals surface area contributed by atoms with Gasteiger partial charge in [0.15, 0.2) is 0 Å². The van der Waals surface area contributed by atoms with Gasteiger partial charge in [0.05, 0.1) is 5.97 Å². The molecule has 0 saturated carbocycles. The first kappa shape index (κ1) is 28.8. The van der Waals surface area contributed by atoms with Gasteiger partial charge in [-0.25, -0.2) is 0 Å². The van der Waals surface area contributed by atoms with E-state index in [0.717, 1.165) is 38.8 Å². The van der Waals surface area contributed by atoms with E-state index in [9.17, 15) is 9.90 Å². The van der Waals surface area contributed by atoms with Gasteiger partial charge in [0.25, 0.3) is 0 Å². The number of hydrogen-bond donors (Lipinski definition) is 0. The molecule has 0 spiro atoms. The monoisotopic (exact) mass is 389 g/mol. The molecule has 0 aliphatic heterocycles. The first-order valence-corrected chi connectivity index (χ1v) is 10.4. The Balaban J connectivity index is 0. The first-order chi connectivity index (χ1) is 12.2. The molecule has 0 unspecified atom stereocenters. The van der Waals surface area contributed by atoms with Gasteiger partial charge in [0.2, 0.25) is 0 Å². The quantitative estimate of drug-likeness (QED) is 0.204. The van der Waals surface area contributed by atoms with Crippen molar-refractivity contribution in [2.45, 2.75) is 90.9 Å². The van der Waals surface area contributed by atoms with Crippen LogP contribution in [0.5, 0.6) is 0 Å². The second-order valence-corrected chi connectivity index (χ2v) is 6.87. The Labute approximate surface area is 205 Å². The molecule has 146 valence electrons. The molecule has 0 aromatic rings. The van der Waals surface area contributed by atoms with E-state index in [1.165, 1.54) is 51.4 Å². The Kier molecular flexibility index (Phi) is 26.1. The van der Waals surface area contributed by atoms with E-state index >= 15 is 0 Å². The largest absolute Gasteiger partial charge is 1.00 e. The second kappa shape index (κ2) is 23.6. The topological polar surface area (TPSA) is 43.4 Å². The van der Waals surface area contributed by atoms with E-state index < -0.39 is 5.97 Å². The minimum absolute atomic E-state index is 0. The molecular formula is C22H40KNO2. The molecule has 0 aliphatic rings. The van der Waals surface area contributed by atoms with Crippen LogP contribution in [0.2, 0.25) is 0 Å². The Morgan fingerprint density at radius 1 is 0.731 bits per heavy atom. The average molecular weight is 390 g/mol. The minimum atomic E-state index is -0.980. The third-order valence-electron chi connectivity index (χ3n) is 4.36. The summed E-state index contributed by atoms with van der Waals surface area (Å²) in [4.78, 5) is 12.9. The molecule has 0 heterocycles. The molecule has 0 atom stereocenters. The van der Waals surface area contributed by atoms with Crippen molar-refractivity contribution in [3.05, 3.63) is 24.3 Å². The maximum absolute atomic E-state index is 10.9. The SMILES string of the molecule is CCCCCC/C=C/CCN(CC/C=C/CCCCCC)CC(=O)[O-].[K+]. The number of hydrogen-bond acceptors (Lipinski definition) is 3. The Morgan fingerprint density at radius 3 is 1.54 bits per heavy atom. The van der Waals surface area contributed by atoms with Gasteiger partial charge in [0.1, 0.15) is 0 Å². The van der Waals surface area contributed by atoms with E-state index in [1.54, 1.807) is 0 Å². The van der Waals surface area contributed by atoms with Crippen LogP contribution in [0.15, 0.2) is 24.3 Å². The maximum atomic E-state index is 10.9. The third-order valence-corrected chi connectivity index (χ3v) is 4.36. The van der Waals surface area contributed by atoms with Crippen LogP contribution in [0.1, 0.15) is 90.9 Å². The predicted molar refractivity (Wildman–Crippen MR) is 106 cm³/mol. The van der Waals surface area contributed by atoms with E-state index in [2.05, 4.69) is 38.2 Å². The summed E-state index contributed by atoms with van der Waals surface area (Å²) in [5.41, 5.74) is 0. The summed E-state index contributed by atoms with van der Waals surface area (Å²) in [6.07, 6.45) is 23.3. The zero-order chi connectivity index (χ0) is 18.6. The van der Waals surface area contributed by atoms with E-state index in [1.807, 2.05) is 4.90 Å². The second-order valence-electron chi connectivity index (χ2n) is 6.87. The van der Waals surface area contributed by atoms with Crippen molar-refractivity contribution in [2.75, 3.05) is 19.6 Å². The van der Waals surface area contributed by atoms with Crippen molar-refractivity contribution in [3.8, 4) is 0 Å². The van der Waals surface area contributed by atoms with Crippen molar-refractivity contribution in [1.29, 1.82) is 0 Å². The minimum Gasteiger partial charge on any atom is -0.549 e. The standard InChI is InChI=1S/C22H41NO2.K/c1-3-5-7-9-11-13-15-17-19-23(21-22(24)25)20-18-16-14-12-10-8-6-4-2;/h13-16H,3-12,17-21H2,1-2H3,(H,24,25);/q;+1/p-1/b15-13+,16-14+;. The number of unbranched alkanes of at least 4 members (excludes halogenated alkanes) is 8. The molecule has 0 rings (SSSR count). The van der Waals surface area contributed by atoms with Crippen molar-refractivity contribution < 1.29 is 61.3 Å². The van der Waals surface area contributed by atoms with Gasteiger partial charge in [-0.15, -0.1) is 0 Å². The Hall–Kier alpha value is 0.546. The molecule has 0 aromatic carbocycles. The molecule has 0 saturated heterocycles. The fourth-order valence-electron chi connectivity index (χ4n) is 2.82. The number of carboxylic acids is 1. The van der Waals surface area contributed by atoms with Gasteiger partial charge in [-0.2, -0.15) is 0 Å². The molecule has 0 radical (unpaired) electrons. The van der Waals surface area contributed by atoms with Gasteiger partial charge < -0.3 is 9.90 Å². The normalized spacial score (nSPS) is 11.5. The first-order valence-electron chi connectivity index (χ1n) is 10.4. The van der Waals surface area contributed by atoms with Gasteiger partial charge in [0, 0.05) is 19.6 Å². The number of aliphatic carboxylic acids is 1. The molecule has 26 heavy (non-hydrogen) atoms. The molecule has 4 heteroatoms. The van der Waals surface area contributed by atoms with Crippen LogP contribution in [0.3, 0.4) is 0 Å². The number of carbonyl (C=O) groups excluding carboxylic acids is 1. The van der Waals surface area contributed by atoms with Crippen LogP contribution < -0.4 is 56.5 Å². The number of allylic oxidation sites excluding steroid dienone is 2. The zero-order valence-electron chi connectivity index (χ0n) is 17.7. The summed E-state index contributed by atoms with van der Waals surface area (Å²) >= 11 is 0. The molecule has 0 aromatic heterocycles. The molecule has 0 amide bonds. The molecule has 0 bridgehead atoms. The molecule has 0 N–H and O–H groups in total. The summed E-state index contributed by atoms with van der Waals surface area (Å²) in [5.74, 6) is -0.980. The summed E-state index contributed by atoms with van der Waals surface area (Å²) in [7, 11) is 0. The zero-order valence-corrected chi connectivity index (χ0v) is 20.8. The maximum Gasteiger partial charge on any atom is 1.00 e. The third kappa shape index (κ3) is 22.6. The smallest absolute Gasteiger partial charge is 0.549 e. The molecular weight excluding hydrogens is 349 g/mol. The number of rotatable bonds is 18. The van der Waals surface area contributed by atoms with Gasteiger partial charge in [-0.1, -0.05) is 76.7 Å². The number of carboxylic acid groups (broad SMARTS) is 1. The Bertz CT molecular complexity index is 330. The van der Waals surface area contributed by atoms with Crippen LogP contribution >= 0.6 is 0 Å². The Morgan fingerprint density at radius 2 is 1.15 bits per heavy atom. The number of carbonyl (C=O) groups is 1. The van der Waals surface area contributed by atoms with E-state index in [0.29, 0.717) is 0 Å². The molecule has 0 fully saturated rings. The van der Waals surface area contributed by atoms with Crippen molar-refractivity contribution in [2.24, 2.45) is 0 Å². The average Bonchev–Trinajstić information content (AvgIpc) is 2.58. The summed E-state index contributed by atoms with van der Waals surface area (Å²) in [6.45, 7) is 6.08. The summed E-state index contributed by atoms with van der Waals surface area (Å²) < 4.78 is 0. The molecule has 0 aliphatic carbocycles. The van der Waals surface area contributed by atoms with Crippen LogP contribution in [-0.4, -0.2) is 30.5 Å². The van der Waals surface area contributed by atoms with E-state index in [-0.39, 0.29) is 57.9 Å². The van der Waals surface area contributed by atoms with Crippen LogP contribution in [0, 0.1) is 0 Å². The van der Waals surface area contributed by atoms with Crippen LogP contribution in [-0.2, 0) is 4.79 Å².